The Kier molecular flexibility index (Phi) is 2.91. The van der Waals surface area contributed by atoms with Gasteiger partial charge in [0.1, 0.15) is 0 Å². The Hall–Kier alpha value is -1.50. The lowest BCUT2D eigenvalue weighted by atomic mass is 10.1. The molecule has 0 amide bonds. The van der Waals surface area contributed by atoms with Crippen molar-refractivity contribution >= 4 is 0 Å². The Morgan fingerprint density at radius 3 is 2.85 bits per heavy atom. The molecule has 1 aromatic heterocycles. The maximum absolute atomic E-state index is 12.4. The molecule has 0 radical (unpaired) electrons. The van der Waals surface area contributed by atoms with Crippen LogP contribution in [0.25, 0.3) is 0 Å². The molecule has 1 heterocycles. The summed E-state index contributed by atoms with van der Waals surface area (Å²) >= 11 is 0. The van der Waals surface area contributed by atoms with Crippen molar-refractivity contribution in [2.45, 2.75) is 19.8 Å². The summed E-state index contributed by atoms with van der Waals surface area (Å²) in [5, 5.41) is 8.37. The van der Waals surface area contributed by atoms with Crippen molar-refractivity contribution in [1.29, 1.82) is 5.26 Å². The summed E-state index contributed by atoms with van der Waals surface area (Å²) < 4.78 is 24.8. The number of nitriles is 1. The number of aryl methyl sites for hydroxylation is 1. The van der Waals surface area contributed by atoms with Gasteiger partial charge in [-0.3, -0.25) is 4.98 Å². The first-order chi connectivity index (χ1) is 6.15. The summed E-state index contributed by atoms with van der Waals surface area (Å²) in [5.41, 5.74) is 0.758. The van der Waals surface area contributed by atoms with Crippen LogP contribution in [0.1, 0.15) is 23.2 Å². The molecule has 4 heteroatoms. The summed E-state index contributed by atoms with van der Waals surface area (Å²) in [5.74, 6) is 0. The Bertz CT molecular complexity index is 342. The minimum absolute atomic E-state index is 0.0209. The van der Waals surface area contributed by atoms with E-state index in [1.807, 2.05) is 6.07 Å². The van der Waals surface area contributed by atoms with Gasteiger partial charge in [-0.1, -0.05) is 0 Å². The van der Waals surface area contributed by atoms with Crippen molar-refractivity contribution < 1.29 is 8.78 Å². The van der Waals surface area contributed by atoms with Gasteiger partial charge in [0.25, 0.3) is 6.43 Å². The lowest BCUT2D eigenvalue weighted by Gasteiger charge is -2.05. The smallest absolute Gasteiger partial charge is 0.261 e. The van der Waals surface area contributed by atoms with Gasteiger partial charge in [-0.2, -0.15) is 5.26 Å². The summed E-state index contributed by atoms with van der Waals surface area (Å²) in [6.45, 7) is 1.64. The van der Waals surface area contributed by atoms with E-state index in [1.54, 1.807) is 6.92 Å². The molecule has 0 aliphatic rings. The van der Waals surface area contributed by atoms with E-state index in [9.17, 15) is 8.78 Å². The third kappa shape index (κ3) is 2.22. The first-order valence-electron chi connectivity index (χ1n) is 3.75. The number of halogens is 2. The van der Waals surface area contributed by atoms with E-state index in [0.717, 1.165) is 0 Å². The van der Waals surface area contributed by atoms with Gasteiger partial charge < -0.3 is 0 Å². The van der Waals surface area contributed by atoms with Crippen LogP contribution in [-0.2, 0) is 6.42 Å². The van der Waals surface area contributed by atoms with Crippen molar-refractivity contribution in [3.8, 4) is 6.07 Å². The SMILES string of the molecule is Cc1cc(C(F)F)c(CC#N)cn1. The highest BCUT2D eigenvalue weighted by Crippen LogP contribution is 2.23. The quantitative estimate of drug-likeness (QED) is 0.704. The zero-order valence-electron chi connectivity index (χ0n) is 7.09. The number of nitrogens with zero attached hydrogens (tertiary/aromatic N) is 2. The Morgan fingerprint density at radius 1 is 1.62 bits per heavy atom. The van der Waals surface area contributed by atoms with E-state index >= 15 is 0 Å². The number of aromatic nitrogens is 1. The second-order valence-corrected chi connectivity index (χ2v) is 2.66. The molecular weight excluding hydrogens is 174 g/mol. The molecule has 0 N–H and O–H groups in total. The van der Waals surface area contributed by atoms with Gasteiger partial charge in [-0.05, 0) is 18.6 Å². The zero-order valence-corrected chi connectivity index (χ0v) is 7.09. The molecule has 0 aliphatic heterocycles. The van der Waals surface area contributed by atoms with Gasteiger partial charge >= 0.3 is 0 Å². The molecule has 0 atom stereocenters. The van der Waals surface area contributed by atoms with Crippen LogP contribution in [0.4, 0.5) is 8.78 Å². The molecule has 13 heavy (non-hydrogen) atoms. The Balaban J connectivity index is 3.12. The van der Waals surface area contributed by atoms with E-state index in [1.165, 1.54) is 12.3 Å². The fraction of sp³-hybridized carbons (Fsp3) is 0.333. The molecule has 2 nitrogen and oxygen atoms in total. The summed E-state index contributed by atoms with van der Waals surface area (Å²) in [4.78, 5) is 3.86. The number of rotatable bonds is 2. The molecule has 1 rings (SSSR count). The second kappa shape index (κ2) is 3.94. The van der Waals surface area contributed by atoms with E-state index in [2.05, 4.69) is 4.98 Å². The van der Waals surface area contributed by atoms with Crippen LogP contribution >= 0.6 is 0 Å². The average Bonchev–Trinajstić information content (AvgIpc) is 2.08. The molecule has 1 aromatic rings. The van der Waals surface area contributed by atoms with Gasteiger partial charge in [0.15, 0.2) is 0 Å². The Labute approximate surface area is 74.8 Å². The minimum Gasteiger partial charge on any atom is -0.261 e. The monoisotopic (exact) mass is 182 g/mol. The van der Waals surface area contributed by atoms with E-state index < -0.39 is 6.43 Å². The van der Waals surface area contributed by atoms with Crippen LogP contribution in [0.5, 0.6) is 0 Å². The minimum atomic E-state index is -2.54. The molecule has 0 spiro atoms. The van der Waals surface area contributed by atoms with Gasteiger partial charge in [-0.15, -0.1) is 0 Å². The first kappa shape index (κ1) is 9.59. The van der Waals surface area contributed by atoms with Crippen molar-refractivity contribution in [2.24, 2.45) is 0 Å². The zero-order chi connectivity index (χ0) is 9.84. The maximum atomic E-state index is 12.4. The molecule has 0 aromatic carbocycles. The lowest BCUT2D eigenvalue weighted by molar-refractivity contribution is 0.150. The van der Waals surface area contributed by atoms with Crippen LogP contribution in [0, 0.1) is 18.3 Å². The maximum Gasteiger partial charge on any atom is 0.264 e. The molecule has 0 saturated heterocycles. The largest absolute Gasteiger partial charge is 0.264 e. The van der Waals surface area contributed by atoms with E-state index in [4.69, 9.17) is 5.26 Å². The number of hydrogen-bond donors (Lipinski definition) is 0. The fourth-order valence-corrected chi connectivity index (χ4v) is 1.05. The van der Waals surface area contributed by atoms with Gasteiger partial charge in [0.2, 0.25) is 0 Å². The highest BCUT2D eigenvalue weighted by atomic mass is 19.3. The molecule has 0 aliphatic carbocycles. The van der Waals surface area contributed by atoms with Gasteiger partial charge in [0.05, 0.1) is 12.5 Å². The number of pyridine rings is 1. The normalized spacial score (nSPS) is 10.1. The third-order valence-corrected chi connectivity index (χ3v) is 1.66. The topological polar surface area (TPSA) is 36.7 Å². The van der Waals surface area contributed by atoms with Crippen molar-refractivity contribution in [1.82, 2.24) is 4.98 Å². The molecule has 68 valence electrons. The molecule has 0 saturated carbocycles. The van der Waals surface area contributed by atoms with Gasteiger partial charge in [-0.25, -0.2) is 8.78 Å². The molecule has 0 bridgehead atoms. The fourth-order valence-electron chi connectivity index (χ4n) is 1.05. The second-order valence-electron chi connectivity index (χ2n) is 2.66. The predicted octanol–water partition coefficient (Wildman–Crippen LogP) is 2.39. The number of hydrogen-bond acceptors (Lipinski definition) is 2. The highest BCUT2D eigenvalue weighted by Gasteiger charge is 2.12. The van der Waals surface area contributed by atoms with Crippen molar-refractivity contribution in [3.63, 3.8) is 0 Å². The third-order valence-electron chi connectivity index (χ3n) is 1.66. The van der Waals surface area contributed by atoms with Crippen molar-refractivity contribution in [3.05, 3.63) is 29.1 Å². The lowest BCUT2D eigenvalue weighted by Crippen LogP contribution is -1.96. The summed E-state index contributed by atoms with van der Waals surface area (Å²) in [6.07, 6.45) is -1.22. The standard InChI is InChI=1S/C9H8F2N2/c1-6-4-8(9(10)11)7(2-3-12)5-13-6/h4-5,9H,2H2,1H3. The molecule has 0 unspecified atom stereocenters. The van der Waals surface area contributed by atoms with Crippen molar-refractivity contribution in [2.75, 3.05) is 0 Å². The molecular formula is C9H8F2N2. The van der Waals surface area contributed by atoms with Gasteiger partial charge in [0, 0.05) is 17.5 Å². The van der Waals surface area contributed by atoms with E-state index in [0.29, 0.717) is 11.3 Å². The Morgan fingerprint density at radius 2 is 2.31 bits per heavy atom. The van der Waals surface area contributed by atoms with Crippen LogP contribution in [0.3, 0.4) is 0 Å². The first-order valence-corrected chi connectivity index (χ1v) is 3.75. The molecule has 0 fully saturated rings. The van der Waals surface area contributed by atoms with Crippen LogP contribution in [0.2, 0.25) is 0 Å². The van der Waals surface area contributed by atoms with E-state index in [-0.39, 0.29) is 12.0 Å². The average molecular weight is 182 g/mol. The van der Waals surface area contributed by atoms with Crippen LogP contribution < -0.4 is 0 Å². The summed E-state index contributed by atoms with van der Waals surface area (Å²) in [7, 11) is 0. The highest BCUT2D eigenvalue weighted by molar-refractivity contribution is 5.29. The number of alkyl halides is 2. The van der Waals surface area contributed by atoms with Crippen LogP contribution in [-0.4, -0.2) is 4.98 Å². The van der Waals surface area contributed by atoms with Crippen LogP contribution in [0.15, 0.2) is 12.3 Å². The predicted molar refractivity (Wildman–Crippen MR) is 43.2 cm³/mol. The summed E-state index contributed by atoms with van der Waals surface area (Å²) in [6, 6.07) is 3.14.